The van der Waals surface area contributed by atoms with Gasteiger partial charge in [0.1, 0.15) is 0 Å². The zero-order valence-electron chi connectivity index (χ0n) is 18.5. The molecule has 1 saturated heterocycles. The summed E-state index contributed by atoms with van der Waals surface area (Å²) in [5.41, 5.74) is 2.19. The molecule has 0 bridgehead atoms. The van der Waals surface area contributed by atoms with Crippen molar-refractivity contribution in [3.8, 4) is 0 Å². The lowest BCUT2D eigenvalue weighted by atomic mass is 10.1. The Kier molecular flexibility index (Phi) is 6.85. The van der Waals surface area contributed by atoms with Crippen molar-refractivity contribution in [2.45, 2.75) is 49.4 Å². The number of carbonyl (C=O) groups is 1. The number of nitrogens with zero attached hydrogens (tertiary/aromatic N) is 3. The Bertz CT molecular complexity index is 1160. The summed E-state index contributed by atoms with van der Waals surface area (Å²) in [5.74, 6) is -0.285. The van der Waals surface area contributed by atoms with Crippen molar-refractivity contribution < 1.29 is 22.8 Å². The largest absolute Gasteiger partial charge is 0.389 e. The molecule has 2 aliphatic rings. The van der Waals surface area contributed by atoms with Gasteiger partial charge in [0.05, 0.1) is 41.4 Å². The van der Waals surface area contributed by atoms with Crippen molar-refractivity contribution in [2.24, 2.45) is 5.16 Å². The van der Waals surface area contributed by atoms with Crippen molar-refractivity contribution >= 4 is 33.4 Å². The van der Waals surface area contributed by atoms with Gasteiger partial charge in [-0.1, -0.05) is 22.9 Å². The Morgan fingerprint density at radius 2 is 1.91 bits per heavy atom. The van der Waals surface area contributed by atoms with Crippen LogP contribution < -0.4 is 5.32 Å². The Balaban J connectivity index is 1.55. The van der Waals surface area contributed by atoms with Crippen LogP contribution in [0.25, 0.3) is 6.08 Å². The number of hydrogen-bond donors (Lipinski definition) is 1. The van der Waals surface area contributed by atoms with E-state index in [1.165, 1.54) is 18.3 Å². The van der Waals surface area contributed by atoms with Gasteiger partial charge in [-0.2, -0.15) is 0 Å². The normalized spacial score (nSPS) is 18.6. The van der Waals surface area contributed by atoms with Gasteiger partial charge in [-0.05, 0) is 44.9 Å². The number of carbonyl (C=O) groups excluding carboxylic acids is 1. The maximum atomic E-state index is 13.0. The molecule has 0 radical (unpaired) electrons. The first-order chi connectivity index (χ1) is 15.8. The van der Waals surface area contributed by atoms with Crippen LogP contribution in [0.2, 0.25) is 0 Å². The molecule has 33 heavy (non-hydrogen) atoms. The fourth-order valence-electron chi connectivity index (χ4n) is 3.27. The van der Waals surface area contributed by atoms with Crippen molar-refractivity contribution in [2.75, 3.05) is 18.5 Å². The summed E-state index contributed by atoms with van der Waals surface area (Å²) in [4.78, 5) is 27.3. The number of oxime groups is 1. The fourth-order valence-corrected chi connectivity index (χ4v) is 4.93. The third kappa shape index (κ3) is 5.82. The van der Waals surface area contributed by atoms with E-state index in [4.69, 9.17) is 9.57 Å². The van der Waals surface area contributed by atoms with E-state index in [0.717, 1.165) is 5.57 Å². The molecule has 1 atom stereocenters. The minimum absolute atomic E-state index is 0.00689. The average Bonchev–Trinajstić information content (AvgIpc) is 3.53. The number of sulfone groups is 1. The van der Waals surface area contributed by atoms with Crippen LogP contribution in [0.15, 0.2) is 52.3 Å². The zero-order chi connectivity index (χ0) is 23.4. The predicted molar refractivity (Wildman–Crippen MR) is 123 cm³/mol. The van der Waals surface area contributed by atoms with E-state index in [0.29, 0.717) is 43.7 Å². The lowest BCUT2D eigenvalue weighted by molar-refractivity contribution is -0.110. The zero-order valence-corrected chi connectivity index (χ0v) is 19.3. The number of ether oxygens (including phenoxy) is 1. The van der Waals surface area contributed by atoms with Crippen LogP contribution >= 0.6 is 0 Å². The van der Waals surface area contributed by atoms with E-state index < -0.39 is 15.7 Å². The summed E-state index contributed by atoms with van der Waals surface area (Å²) < 4.78 is 30.2. The van der Waals surface area contributed by atoms with E-state index in [-0.39, 0.29) is 27.8 Å². The van der Waals surface area contributed by atoms with E-state index in [2.05, 4.69) is 20.4 Å². The molecular formula is C23H26N4O5S. The van der Waals surface area contributed by atoms with Gasteiger partial charge < -0.3 is 14.9 Å². The number of hydrogen-bond acceptors (Lipinski definition) is 8. The molecule has 1 aromatic carbocycles. The molecule has 10 heteroatoms. The lowest BCUT2D eigenvalue weighted by Gasteiger charge is -2.11. The third-order valence-electron chi connectivity index (χ3n) is 5.17. The Labute approximate surface area is 192 Å². The van der Waals surface area contributed by atoms with Gasteiger partial charge in [0.15, 0.2) is 27.5 Å². The lowest BCUT2D eigenvalue weighted by Crippen LogP contribution is -2.26. The van der Waals surface area contributed by atoms with E-state index >= 15 is 0 Å². The first kappa shape index (κ1) is 23.1. The number of allylic oxidation sites excluding steroid dienone is 1. The summed E-state index contributed by atoms with van der Waals surface area (Å²) >= 11 is 0. The molecule has 1 saturated carbocycles. The quantitative estimate of drug-likeness (QED) is 0.465. The first-order valence-corrected chi connectivity index (χ1v) is 12.3. The van der Waals surface area contributed by atoms with E-state index in [1.807, 2.05) is 19.9 Å². The Morgan fingerprint density at radius 1 is 1.15 bits per heavy atom. The molecule has 174 valence electrons. The molecule has 2 fully saturated rings. The highest BCUT2D eigenvalue weighted by atomic mass is 32.2. The SMILES string of the molecule is CC(C)=Cc1cnc(NC(=O)C(=NO[C@@H]2CCOC2)c2ccc(S(=O)(=O)C3CC3)cc2)cn1. The van der Waals surface area contributed by atoms with Gasteiger partial charge in [-0.3, -0.25) is 9.78 Å². The molecule has 1 amide bonds. The van der Waals surface area contributed by atoms with Crippen molar-refractivity contribution in [3.05, 3.63) is 53.5 Å². The van der Waals surface area contributed by atoms with Gasteiger partial charge in [-0.15, -0.1) is 0 Å². The van der Waals surface area contributed by atoms with Gasteiger partial charge in [0, 0.05) is 12.0 Å². The fraction of sp³-hybridized carbons (Fsp3) is 0.391. The highest BCUT2D eigenvalue weighted by molar-refractivity contribution is 7.92. The summed E-state index contributed by atoms with van der Waals surface area (Å²) in [7, 11) is -3.33. The molecule has 0 spiro atoms. The number of aromatic nitrogens is 2. The molecule has 0 unspecified atom stereocenters. The molecule has 1 aromatic heterocycles. The smallest absolute Gasteiger partial charge is 0.279 e. The second-order valence-electron chi connectivity index (χ2n) is 8.30. The molecule has 2 heterocycles. The molecular weight excluding hydrogens is 444 g/mol. The van der Waals surface area contributed by atoms with Crippen LogP contribution in [0.5, 0.6) is 0 Å². The van der Waals surface area contributed by atoms with Crippen LogP contribution in [-0.4, -0.2) is 54.6 Å². The summed E-state index contributed by atoms with van der Waals surface area (Å²) in [6, 6.07) is 6.12. The summed E-state index contributed by atoms with van der Waals surface area (Å²) in [6.45, 7) is 4.88. The highest BCUT2D eigenvalue weighted by Crippen LogP contribution is 2.33. The van der Waals surface area contributed by atoms with Crippen LogP contribution in [0, 0.1) is 0 Å². The van der Waals surface area contributed by atoms with Crippen LogP contribution in [-0.2, 0) is 24.2 Å². The number of nitrogens with one attached hydrogen (secondary N) is 1. The maximum absolute atomic E-state index is 13.0. The van der Waals surface area contributed by atoms with Gasteiger partial charge in [0.25, 0.3) is 5.91 Å². The molecule has 1 aliphatic carbocycles. The average molecular weight is 471 g/mol. The molecule has 9 nitrogen and oxygen atoms in total. The molecule has 1 aliphatic heterocycles. The van der Waals surface area contributed by atoms with Crippen LogP contribution in [0.3, 0.4) is 0 Å². The number of anilines is 1. The molecule has 2 aromatic rings. The topological polar surface area (TPSA) is 120 Å². The number of benzene rings is 1. The van der Waals surface area contributed by atoms with E-state index in [1.54, 1.807) is 18.3 Å². The van der Waals surface area contributed by atoms with Crippen molar-refractivity contribution in [1.29, 1.82) is 0 Å². The molecule has 1 N–H and O–H groups in total. The first-order valence-electron chi connectivity index (χ1n) is 10.8. The van der Waals surface area contributed by atoms with Gasteiger partial charge in [0.2, 0.25) is 0 Å². The molecule has 4 rings (SSSR count). The van der Waals surface area contributed by atoms with Crippen molar-refractivity contribution in [1.82, 2.24) is 9.97 Å². The number of rotatable bonds is 8. The van der Waals surface area contributed by atoms with E-state index in [9.17, 15) is 13.2 Å². The second-order valence-corrected chi connectivity index (χ2v) is 10.5. The highest BCUT2D eigenvalue weighted by Gasteiger charge is 2.36. The third-order valence-corrected chi connectivity index (χ3v) is 7.44. The minimum Gasteiger partial charge on any atom is -0.389 e. The predicted octanol–water partition coefficient (Wildman–Crippen LogP) is 2.98. The summed E-state index contributed by atoms with van der Waals surface area (Å²) in [6.07, 6.45) is 6.69. The van der Waals surface area contributed by atoms with Crippen molar-refractivity contribution in [3.63, 3.8) is 0 Å². The number of amides is 1. The Morgan fingerprint density at radius 3 is 2.48 bits per heavy atom. The van der Waals surface area contributed by atoms with Crippen LogP contribution in [0.1, 0.15) is 44.4 Å². The van der Waals surface area contributed by atoms with Crippen LogP contribution in [0.4, 0.5) is 5.82 Å². The minimum atomic E-state index is -3.33. The Hall–Kier alpha value is -3.11. The van der Waals surface area contributed by atoms with Gasteiger partial charge in [-0.25, -0.2) is 13.4 Å². The second kappa shape index (κ2) is 9.80. The summed E-state index contributed by atoms with van der Waals surface area (Å²) in [5, 5.41) is 6.45. The van der Waals surface area contributed by atoms with Gasteiger partial charge >= 0.3 is 0 Å². The maximum Gasteiger partial charge on any atom is 0.279 e. The standard InChI is InChI=1S/C23H26N4O5S/c1-15(2)11-17-12-25-21(13-24-17)26-23(28)22(27-32-18-9-10-31-14-18)16-3-5-19(6-4-16)33(29,30)20-7-8-20/h3-6,11-13,18,20H,7-10,14H2,1-2H3,(H,25,26,28)/t18-/m1/s1. The monoisotopic (exact) mass is 470 g/mol.